The SMILES string of the molecule is CCC1(CO)CCN(C(=O)c2ccnc(Cl)c2)CC1. The number of likely N-dealkylation sites (tertiary alicyclic amines) is 1. The van der Waals surface area contributed by atoms with Crippen molar-refractivity contribution in [2.75, 3.05) is 19.7 Å². The number of carbonyl (C=O) groups is 1. The highest BCUT2D eigenvalue weighted by Crippen LogP contribution is 2.34. The third-order valence-electron chi connectivity index (χ3n) is 4.17. The fourth-order valence-corrected chi connectivity index (χ4v) is 2.70. The predicted molar refractivity (Wildman–Crippen MR) is 74.2 cm³/mol. The van der Waals surface area contributed by atoms with Gasteiger partial charge >= 0.3 is 0 Å². The summed E-state index contributed by atoms with van der Waals surface area (Å²) in [6.45, 7) is 3.67. The molecule has 2 rings (SSSR count). The van der Waals surface area contributed by atoms with Crippen LogP contribution in [-0.4, -0.2) is 40.6 Å². The molecule has 1 saturated heterocycles. The molecule has 0 saturated carbocycles. The second-order valence-electron chi connectivity index (χ2n) is 5.17. The number of hydrogen-bond acceptors (Lipinski definition) is 3. The molecule has 1 amide bonds. The lowest BCUT2D eigenvalue weighted by molar-refractivity contribution is 0.0338. The summed E-state index contributed by atoms with van der Waals surface area (Å²) in [5, 5.41) is 9.83. The van der Waals surface area contributed by atoms with Gasteiger partial charge in [-0.15, -0.1) is 0 Å². The Bertz CT molecular complexity index is 451. The van der Waals surface area contributed by atoms with Gasteiger partial charge in [0.15, 0.2) is 0 Å². The Labute approximate surface area is 118 Å². The summed E-state index contributed by atoms with van der Waals surface area (Å²) in [4.78, 5) is 18.0. The molecule has 2 heterocycles. The highest BCUT2D eigenvalue weighted by Gasteiger charge is 2.34. The van der Waals surface area contributed by atoms with Crippen LogP contribution >= 0.6 is 11.6 Å². The van der Waals surface area contributed by atoms with Crippen molar-refractivity contribution in [2.24, 2.45) is 5.41 Å². The van der Waals surface area contributed by atoms with Crippen molar-refractivity contribution in [1.29, 1.82) is 0 Å². The zero-order valence-corrected chi connectivity index (χ0v) is 11.9. The van der Waals surface area contributed by atoms with Crippen molar-refractivity contribution in [3.63, 3.8) is 0 Å². The van der Waals surface area contributed by atoms with Gasteiger partial charge in [0.1, 0.15) is 5.15 Å². The van der Waals surface area contributed by atoms with Gasteiger partial charge in [-0.3, -0.25) is 4.79 Å². The Morgan fingerprint density at radius 1 is 1.53 bits per heavy atom. The molecule has 19 heavy (non-hydrogen) atoms. The molecule has 0 aromatic carbocycles. The van der Waals surface area contributed by atoms with Crippen LogP contribution in [0.2, 0.25) is 5.15 Å². The van der Waals surface area contributed by atoms with Crippen molar-refractivity contribution in [2.45, 2.75) is 26.2 Å². The first-order chi connectivity index (χ1) is 9.10. The van der Waals surface area contributed by atoms with Gasteiger partial charge in [0.25, 0.3) is 5.91 Å². The lowest BCUT2D eigenvalue weighted by atomic mass is 9.77. The van der Waals surface area contributed by atoms with Crippen LogP contribution in [0.5, 0.6) is 0 Å². The maximum Gasteiger partial charge on any atom is 0.254 e. The normalized spacial score (nSPS) is 18.4. The van der Waals surface area contributed by atoms with E-state index >= 15 is 0 Å². The molecular weight excluding hydrogens is 264 g/mol. The predicted octanol–water partition coefficient (Wildman–Crippen LogP) is 2.36. The number of piperidine rings is 1. The van der Waals surface area contributed by atoms with Crippen molar-refractivity contribution in [1.82, 2.24) is 9.88 Å². The van der Waals surface area contributed by atoms with E-state index in [1.807, 2.05) is 4.90 Å². The minimum Gasteiger partial charge on any atom is -0.396 e. The molecule has 0 atom stereocenters. The molecule has 0 bridgehead atoms. The maximum absolute atomic E-state index is 12.3. The van der Waals surface area contributed by atoms with Gasteiger partial charge in [-0.2, -0.15) is 0 Å². The Morgan fingerprint density at radius 2 is 2.21 bits per heavy atom. The minimum atomic E-state index is -0.00746. The summed E-state index contributed by atoms with van der Waals surface area (Å²) in [6, 6.07) is 3.28. The van der Waals surface area contributed by atoms with Crippen LogP contribution in [0.1, 0.15) is 36.5 Å². The lowest BCUT2D eigenvalue weighted by Gasteiger charge is -2.40. The number of nitrogens with zero attached hydrogens (tertiary/aromatic N) is 2. The van der Waals surface area contributed by atoms with E-state index in [9.17, 15) is 9.90 Å². The smallest absolute Gasteiger partial charge is 0.254 e. The number of amides is 1. The second kappa shape index (κ2) is 5.88. The first kappa shape index (κ1) is 14.3. The average molecular weight is 283 g/mol. The Balaban J connectivity index is 2.04. The zero-order valence-electron chi connectivity index (χ0n) is 11.1. The van der Waals surface area contributed by atoms with Crippen LogP contribution < -0.4 is 0 Å². The van der Waals surface area contributed by atoms with E-state index in [2.05, 4.69) is 11.9 Å². The van der Waals surface area contributed by atoms with E-state index < -0.39 is 0 Å². The highest BCUT2D eigenvalue weighted by atomic mass is 35.5. The Kier molecular flexibility index (Phi) is 4.42. The van der Waals surface area contributed by atoms with Crippen LogP contribution in [0, 0.1) is 5.41 Å². The van der Waals surface area contributed by atoms with Crippen LogP contribution in [0.4, 0.5) is 0 Å². The van der Waals surface area contributed by atoms with Gasteiger partial charge in [-0.1, -0.05) is 18.5 Å². The Morgan fingerprint density at radius 3 is 2.74 bits per heavy atom. The lowest BCUT2D eigenvalue weighted by Crippen LogP contribution is -2.44. The number of halogens is 1. The molecule has 1 aliphatic heterocycles. The molecule has 1 aliphatic rings. The van der Waals surface area contributed by atoms with E-state index in [0.29, 0.717) is 23.8 Å². The van der Waals surface area contributed by atoms with E-state index in [1.165, 1.54) is 0 Å². The first-order valence-electron chi connectivity index (χ1n) is 6.62. The van der Waals surface area contributed by atoms with Gasteiger partial charge in [0, 0.05) is 31.5 Å². The molecule has 1 aromatic heterocycles. The van der Waals surface area contributed by atoms with E-state index in [-0.39, 0.29) is 17.9 Å². The van der Waals surface area contributed by atoms with Crippen LogP contribution in [-0.2, 0) is 0 Å². The number of pyridine rings is 1. The minimum absolute atomic E-state index is 0.00727. The summed E-state index contributed by atoms with van der Waals surface area (Å²) < 4.78 is 0. The molecule has 0 unspecified atom stereocenters. The van der Waals surface area contributed by atoms with Crippen molar-refractivity contribution in [3.8, 4) is 0 Å². The molecule has 0 radical (unpaired) electrons. The monoisotopic (exact) mass is 282 g/mol. The van der Waals surface area contributed by atoms with Gasteiger partial charge in [-0.05, 0) is 36.8 Å². The van der Waals surface area contributed by atoms with Crippen LogP contribution in [0.25, 0.3) is 0 Å². The Hall–Kier alpha value is -1.13. The molecule has 1 aromatic rings. The maximum atomic E-state index is 12.3. The van der Waals surface area contributed by atoms with Gasteiger partial charge < -0.3 is 10.0 Å². The average Bonchev–Trinajstić information content (AvgIpc) is 2.46. The molecule has 0 aliphatic carbocycles. The molecule has 5 heteroatoms. The van der Waals surface area contributed by atoms with Gasteiger partial charge in [0.2, 0.25) is 0 Å². The first-order valence-corrected chi connectivity index (χ1v) is 7.00. The third kappa shape index (κ3) is 3.07. The topological polar surface area (TPSA) is 53.4 Å². The molecule has 4 nitrogen and oxygen atoms in total. The van der Waals surface area contributed by atoms with Crippen LogP contribution in [0.15, 0.2) is 18.3 Å². The van der Waals surface area contributed by atoms with Crippen molar-refractivity contribution >= 4 is 17.5 Å². The molecule has 0 spiro atoms. The zero-order chi connectivity index (χ0) is 13.9. The fourth-order valence-electron chi connectivity index (χ4n) is 2.53. The largest absolute Gasteiger partial charge is 0.396 e. The number of hydrogen-bond donors (Lipinski definition) is 1. The highest BCUT2D eigenvalue weighted by molar-refractivity contribution is 6.29. The molecule has 104 valence electrons. The summed E-state index contributed by atoms with van der Waals surface area (Å²) in [7, 11) is 0. The number of aromatic nitrogens is 1. The molecule has 1 fully saturated rings. The van der Waals surface area contributed by atoms with Crippen molar-refractivity contribution < 1.29 is 9.90 Å². The van der Waals surface area contributed by atoms with Gasteiger partial charge in [-0.25, -0.2) is 4.98 Å². The fraction of sp³-hybridized carbons (Fsp3) is 0.571. The van der Waals surface area contributed by atoms with E-state index in [4.69, 9.17) is 11.6 Å². The molecule has 1 N–H and O–H groups in total. The number of aliphatic hydroxyl groups is 1. The second-order valence-corrected chi connectivity index (χ2v) is 5.56. The van der Waals surface area contributed by atoms with Gasteiger partial charge in [0.05, 0.1) is 0 Å². The standard InChI is InChI=1S/C14H19ClN2O2/c1-2-14(10-18)4-7-17(8-5-14)13(19)11-3-6-16-12(15)9-11/h3,6,9,18H,2,4-5,7-8,10H2,1H3. The number of aliphatic hydroxyl groups excluding tert-OH is 1. The third-order valence-corrected chi connectivity index (χ3v) is 4.38. The van der Waals surface area contributed by atoms with Crippen LogP contribution in [0.3, 0.4) is 0 Å². The van der Waals surface area contributed by atoms with E-state index in [0.717, 1.165) is 19.3 Å². The van der Waals surface area contributed by atoms with Crippen molar-refractivity contribution in [3.05, 3.63) is 29.0 Å². The summed E-state index contributed by atoms with van der Waals surface area (Å²) in [5.41, 5.74) is 0.570. The summed E-state index contributed by atoms with van der Waals surface area (Å²) in [5.74, 6) is -0.00746. The molecular formula is C14H19ClN2O2. The summed E-state index contributed by atoms with van der Waals surface area (Å²) in [6.07, 6.45) is 4.20. The number of carbonyl (C=O) groups excluding carboxylic acids is 1. The van der Waals surface area contributed by atoms with E-state index in [1.54, 1.807) is 18.3 Å². The quantitative estimate of drug-likeness (QED) is 0.866. The summed E-state index contributed by atoms with van der Waals surface area (Å²) >= 11 is 5.80. The number of rotatable bonds is 3.